The molecule has 0 aromatic carbocycles. The highest BCUT2D eigenvalue weighted by molar-refractivity contribution is 6.82. The molecule has 0 aliphatic carbocycles. The van der Waals surface area contributed by atoms with Gasteiger partial charge < -0.3 is 9.26 Å². The second kappa shape index (κ2) is 5.35. The monoisotopic (exact) mass is 231 g/mol. The summed E-state index contributed by atoms with van der Waals surface area (Å²) in [5, 5.41) is 6.86. The molecule has 0 saturated heterocycles. The van der Waals surface area contributed by atoms with Gasteiger partial charge in [-0.3, -0.25) is 5.43 Å². The van der Waals surface area contributed by atoms with Gasteiger partial charge in [-0.25, -0.2) is 4.79 Å². The fraction of sp³-hybridized carbons (Fsp3) is 0.375. The highest BCUT2D eigenvalue weighted by Crippen LogP contribution is 2.07. The van der Waals surface area contributed by atoms with Crippen molar-refractivity contribution >= 4 is 28.6 Å². The van der Waals surface area contributed by atoms with Gasteiger partial charge in [0.25, 0.3) is 0 Å². The second-order valence-electron chi connectivity index (χ2n) is 2.56. The van der Waals surface area contributed by atoms with Crippen molar-refractivity contribution in [3.63, 3.8) is 0 Å². The first kappa shape index (κ1) is 11.5. The zero-order valence-electron chi connectivity index (χ0n) is 8.28. The third kappa shape index (κ3) is 3.59. The summed E-state index contributed by atoms with van der Waals surface area (Å²) in [6.07, 6.45) is 0. The van der Waals surface area contributed by atoms with Crippen LogP contribution in [0.25, 0.3) is 0 Å². The number of nitrogens with zero attached hydrogens (tertiary/aromatic N) is 2. The molecule has 1 aromatic rings. The van der Waals surface area contributed by atoms with Gasteiger partial charge in [-0.1, -0.05) is 16.8 Å². The number of esters is 1. The van der Waals surface area contributed by atoms with Gasteiger partial charge in [0.15, 0.2) is 5.82 Å². The maximum atomic E-state index is 11.0. The van der Waals surface area contributed by atoms with Crippen molar-refractivity contribution in [3.05, 3.63) is 11.8 Å². The number of nitrogens with one attached hydrogen (secondary N) is 1. The Labute approximate surface area is 91.2 Å². The number of carbonyl (C=O) groups is 1. The third-order valence-corrected chi connectivity index (χ3v) is 1.58. The van der Waals surface area contributed by atoms with Gasteiger partial charge in [0.1, 0.15) is 5.76 Å². The molecule has 0 saturated carbocycles. The first-order valence-corrected chi connectivity index (χ1v) is 4.61. The van der Waals surface area contributed by atoms with Crippen LogP contribution in [0.5, 0.6) is 0 Å². The van der Waals surface area contributed by atoms with E-state index in [2.05, 4.69) is 20.4 Å². The molecule has 1 N–H and O–H groups in total. The van der Waals surface area contributed by atoms with Crippen molar-refractivity contribution in [1.29, 1.82) is 0 Å². The second-order valence-corrected chi connectivity index (χ2v) is 2.92. The molecule has 0 aliphatic rings. The van der Waals surface area contributed by atoms with E-state index in [0.717, 1.165) is 0 Å². The largest absolute Gasteiger partial charge is 0.461 e. The Morgan fingerprint density at radius 1 is 1.80 bits per heavy atom. The molecular formula is C8H10ClN3O3. The minimum atomic E-state index is -0.688. The fourth-order valence-electron chi connectivity index (χ4n) is 0.762. The standard InChI is InChI=1S/C8H10ClN3O3/c1-3-14-8(13)7(9)11-10-6-4-5(2)15-12-6/h4H,3H2,1-2H3,(H,10,12)/b11-7-. The normalized spacial score (nSPS) is 11.3. The average Bonchev–Trinajstić information content (AvgIpc) is 2.61. The van der Waals surface area contributed by atoms with Gasteiger partial charge in [-0.05, 0) is 13.8 Å². The lowest BCUT2D eigenvalue weighted by molar-refractivity contribution is -0.134. The number of hydrazone groups is 1. The third-order valence-electron chi connectivity index (χ3n) is 1.34. The summed E-state index contributed by atoms with van der Waals surface area (Å²) < 4.78 is 9.38. The van der Waals surface area contributed by atoms with Crippen molar-refractivity contribution in [2.45, 2.75) is 13.8 Å². The number of aryl methyl sites for hydroxylation is 1. The summed E-state index contributed by atoms with van der Waals surface area (Å²) in [4.78, 5) is 11.0. The molecule has 0 unspecified atom stereocenters. The highest BCUT2D eigenvalue weighted by Gasteiger charge is 2.09. The topological polar surface area (TPSA) is 76.7 Å². The molecule has 1 aromatic heterocycles. The summed E-state index contributed by atoms with van der Waals surface area (Å²) in [6, 6.07) is 1.61. The predicted octanol–water partition coefficient (Wildman–Crippen LogP) is 1.51. The van der Waals surface area contributed by atoms with E-state index in [1.54, 1.807) is 19.9 Å². The molecule has 0 aliphatic heterocycles. The molecule has 15 heavy (non-hydrogen) atoms. The number of rotatable bonds is 4. The van der Waals surface area contributed by atoms with E-state index in [1.165, 1.54) is 0 Å². The van der Waals surface area contributed by atoms with E-state index < -0.39 is 5.97 Å². The number of carbonyl (C=O) groups excluding carboxylic acids is 1. The van der Waals surface area contributed by atoms with E-state index in [-0.39, 0.29) is 11.8 Å². The SMILES string of the molecule is CCOC(=O)/C(Cl)=N/Nc1cc(C)on1. The highest BCUT2D eigenvalue weighted by atomic mass is 35.5. The van der Waals surface area contributed by atoms with Gasteiger partial charge in [-0.2, -0.15) is 5.10 Å². The minimum absolute atomic E-state index is 0.244. The maximum absolute atomic E-state index is 11.0. The van der Waals surface area contributed by atoms with Crippen LogP contribution in [0, 0.1) is 6.92 Å². The van der Waals surface area contributed by atoms with Crippen LogP contribution >= 0.6 is 11.6 Å². The molecule has 0 fully saturated rings. The Kier molecular flexibility index (Phi) is 4.11. The van der Waals surface area contributed by atoms with Gasteiger partial charge >= 0.3 is 5.97 Å². The Hall–Kier alpha value is -1.56. The van der Waals surface area contributed by atoms with Crippen LogP contribution in [-0.2, 0) is 9.53 Å². The molecule has 6 nitrogen and oxygen atoms in total. The van der Waals surface area contributed by atoms with Gasteiger partial charge in [-0.15, -0.1) is 0 Å². The fourth-order valence-corrected chi connectivity index (χ4v) is 0.859. The van der Waals surface area contributed by atoms with Crippen LogP contribution in [0.1, 0.15) is 12.7 Å². The van der Waals surface area contributed by atoms with Crippen molar-refractivity contribution in [1.82, 2.24) is 5.16 Å². The summed E-state index contributed by atoms with van der Waals surface area (Å²) in [7, 11) is 0. The molecule has 0 radical (unpaired) electrons. The number of anilines is 1. The molecule has 1 heterocycles. The molecule has 0 spiro atoms. The molecule has 82 valence electrons. The van der Waals surface area contributed by atoms with Gasteiger partial charge in [0.05, 0.1) is 6.61 Å². The first-order chi connectivity index (χ1) is 7.13. The zero-order chi connectivity index (χ0) is 11.3. The van der Waals surface area contributed by atoms with Crippen LogP contribution < -0.4 is 5.43 Å². The Morgan fingerprint density at radius 3 is 3.07 bits per heavy atom. The number of ether oxygens (including phenoxy) is 1. The van der Waals surface area contributed by atoms with Gasteiger partial charge in [0.2, 0.25) is 5.17 Å². The zero-order valence-corrected chi connectivity index (χ0v) is 9.04. The van der Waals surface area contributed by atoms with Gasteiger partial charge in [0, 0.05) is 6.07 Å². The number of halogens is 1. The van der Waals surface area contributed by atoms with Crippen molar-refractivity contribution in [3.8, 4) is 0 Å². The predicted molar refractivity (Wildman–Crippen MR) is 54.8 cm³/mol. The summed E-state index contributed by atoms with van der Waals surface area (Å²) in [5.41, 5.74) is 2.45. The Bertz CT molecular complexity index is 375. The van der Waals surface area contributed by atoms with E-state index >= 15 is 0 Å². The lowest BCUT2D eigenvalue weighted by atomic mass is 10.5. The number of hydrogen-bond acceptors (Lipinski definition) is 6. The molecule has 0 atom stereocenters. The van der Waals surface area contributed by atoms with Crippen LogP contribution in [-0.4, -0.2) is 22.9 Å². The minimum Gasteiger partial charge on any atom is -0.461 e. The van der Waals surface area contributed by atoms with Crippen molar-refractivity contribution in [2.24, 2.45) is 5.10 Å². The van der Waals surface area contributed by atoms with E-state index in [9.17, 15) is 4.79 Å². The van der Waals surface area contributed by atoms with E-state index in [4.69, 9.17) is 16.1 Å². The Morgan fingerprint density at radius 2 is 2.53 bits per heavy atom. The van der Waals surface area contributed by atoms with Crippen LogP contribution in [0.4, 0.5) is 5.82 Å². The lowest BCUT2D eigenvalue weighted by Crippen LogP contribution is -2.13. The Balaban J connectivity index is 2.53. The lowest BCUT2D eigenvalue weighted by Gasteiger charge is -1.98. The van der Waals surface area contributed by atoms with E-state index in [0.29, 0.717) is 11.6 Å². The maximum Gasteiger partial charge on any atom is 0.370 e. The first-order valence-electron chi connectivity index (χ1n) is 4.23. The molecule has 7 heteroatoms. The number of hydrogen-bond donors (Lipinski definition) is 1. The van der Waals surface area contributed by atoms with Crippen LogP contribution in [0.3, 0.4) is 0 Å². The quantitative estimate of drug-likeness (QED) is 0.483. The smallest absolute Gasteiger partial charge is 0.370 e. The summed E-state index contributed by atoms with van der Waals surface area (Å²) >= 11 is 5.52. The molecule has 1 rings (SSSR count). The molecule has 0 bridgehead atoms. The average molecular weight is 232 g/mol. The summed E-state index contributed by atoms with van der Waals surface area (Å²) in [6.45, 7) is 3.65. The van der Waals surface area contributed by atoms with E-state index in [1.807, 2.05) is 0 Å². The van der Waals surface area contributed by atoms with Crippen LogP contribution in [0.15, 0.2) is 15.7 Å². The van der Waals surface area contributed by atoms with Crippen molar-refractivity contribution in [2.75, 3.05) is 12.0 Å². The summed E-state index contributed by atoms with van der Waals surface area (Å²) in [5.74, 6) is 0.307. The molecular weight excluding hydrogens is 222 g/mol. The van der Waals surface area contributed by atoms with Crippen LogP contribution in [0.2, 0.25) is 0 Å². The molecule has 0 amide bonds. The van der Waals surface area contributed by atoms with Crippen molar-refractivity contribution < 1.29 is 14.1 Å². The number of aromatic nitrogens is 1.